The van der Waals surface area contributed by atoms with Crippen molar-refractivity contribution in [1.29, 1.82) is 0 Å². The Morgan fingerprint density at radius 3 is 2.65 bits per heavy atom. The van der Waals surface area contributed by atoms with Gasteiger partial charge in [0, 0.05) is 18.3 Å². The molecule has 5 aromatic rings. The number of hydrazone groups is 1. The van der Waals surface area contributed by atoms with Gasteiger partial charge in [0.25, 0.3) is 11.6 Å². The molecule has 19 heteroatoms. The molecular formula is C29H25N11O8. The number of ether oxygens (including phenoxy) is 2. The SMILES string of the molecule is CCOc1cc(/C=N\NC(=O)c2nnn(-c3nonc3N)c2CN2CCc3ccccc32)ccc1Oc1ccc([N+](=O)[O-])cc1[N+](=O)[O-]. The number of nitrogens with zero attached hydrogens (tertiary/aromatic N) is 9. The zero-order valence-electron chi connectivity index (χ0n) is 25.0. The van der Waals surface area contributed by atoms with Crippen LogP contribution in [0.2, 0.25) is 0 Å². The minimum Gasteiger partial charge on any atom is -0.490 e. The molecule has 3 aromatic carbocycles. The Morgan fingerprint density at radius 1 is 1.08 bits per heavy atom. The number of nitrogens with one attached hydrogen (secondary N) is 1. The normalized spacial score (nSPS) is 12.2. The van der Waals surface area contributed by atoms with Gasteiger partial charge < -0.3 is 20.1 Å². The molecule has 3 N–H and O–H groups in total. The Hall–Kier alpha value is -6.92. The fourth-order valence-electron chi connectivity index (χ4n) is 5.02. The first-order valence-corrected chi connectivity index (χ1v) is 14.3. The van der Waals surface area contributed by atoms with Gasteiger partial charge in [-0.15, -0.1) is 5.10 Å². The maximum Gasteiger partial charge on any atom is 0.318 e. The Balaban J connectivity index is 1.22. The fourth-order valence-corrected chi connectivity index (χ4v) is 5.02. The first-order chi connectivity index (χ1) is 23.2. The van der Waals surface area contributed by atoms with Gasteiger partial charge in [0.1, 0.15) is 0 Å². The molecule has 0 atom stereocenters. The van der Waals surface area contributed by atoms with Crippen LogP contribution in [0.4, 0.5) is 22.9 Å². The van der Waals surface area contributed by atoms with Crippen LogP contribution >= 0.6 is 0 Å². The number of nitro groups is 2. The standard InChI is InChI=1S/C29H25N11O8/c1-2-46-25-13-17(7-9-24(25)47-23-10-8-19(39(42)43)14-21(23)40(44)45)15-31-33-29(41)26-22(38(36-32-26)28-27(30)34-48-35-28)16-37-12-11-18-5-3-4-6-20(18)37/h3-10,13-15H,2,11-12,16H2,1H3,(H2,30,34)(H,33,41)/b31-15-. The smallest absolute Gasteiger partial charge is 0.318 e. The second-order valence-corrected chi connectivity index (χ2v) is 10.2. The highest BCUT2D eigenvalue weighted by Gasteiger charge is 2.28. The van der Waals surface area contributed by atoms with Crippen molar-refractivity contribution in [3.05, 3.63) is 103 Å². The number of anilines is 2. The number of nitrogens with two attached hydrogens (primary N) is 1. The van der Waals surface area contributed by atoms with Gasteiger partial charge in [-0.2, -0.15) is 9.78 Å². The average molecular weight is 656 g/mol. The monoisotopic (exact) mass is 655 g/mol. The Kier molecular flexibility index (Phi) is 8.55. The van der Waals surface area contributed by atoms with Crippen molar-refractivity contribution < 1.29 is 28.7 Å². The molecule has 244 valence electrons. The minimum absolute atomic E-state index is 0.0256. The summed E-state index contributed by atoms with van der Waals surface area (Å²) in [6.45, 7) is 2.90. The summed E-state index contributed by atoms with van der Waals surface area (Å²) in [6, 6.07) is 15.6. The molecule has 3 heterocycles. The van der Waals surface area contributed by atoms with Crippen molar-refractivity contribution in [2.75, 3.05) is 23.8 Å². The molecule has 0 fully saturated rings. The number of hydrogen-bond donors (Lipinski definition) is 2. The summed E-state index contributed by atoms with van der Waals surface area (Å²) in [5.74, 6) is -0.516. The highest BCUT2D eigenvalue weighted by atomic mass is 16.6. The number of carbonyl (C=O) groups excluding carboxylic acids is 1. The summed E-state index contributed by atoms with van der Waals surface area (Å²) in [4.78, 5) is 36.5. The van der Waals surface area contributed by atoms with Gasteiger partial charge in [-0.05, 0) is 65.1 Å². The number of benzene rings is 3. The predicted octanol–water partition coefficient (Wildman–Crippen LogP) is 3.57. The number of non-ortho nitro benzene ring substituents is 1. The number of carbonyl (C=O) groups is 1. The molecule has 2 aromatic heterocycles. The molecular weight excluding hydrogens is 630 g/mol. The van der Waals surface area contributed by atoms with Crippen molar-refractivity contribution in [1.82, 2.24) is 30.7 Å². The molecule has 1 aliphatic rings. The van der Waals surface area contributed by atoms with E-state index in [4.69, 9.17) is 19.8 Å². The number of amides is 1. The highest BCUT2D eigenvalue weighted by Crippen LogP contribution is 2.38. The van der Waals surface area contributed by atoms with Gasteiger partial charge in [0.2, 0.25) is 17.4 Å². The van der Waals surface area contributed by atoms with Crippen LogP contribution < -0.4 is 25.5 Å². The number of hydrogen-bond acceptors (Lipinski definition) is 15. The molecule has 0 saturated carbocycles. The van der Waals surface area contributed by atoms with Crippen molar-refractivity contribution in [2.45, 2.75) is 19.9 Å². The van der Waals surface area contributed by atoms with Gasteiger partial charge in [-0.3, -0.25) is 25.0 Å². The van der Waals surface area contributed by atoms with Crippen molar-refractivity contribution in [2.24, 2.45) is 5.10 Å². The molecule has 0 spiro atoms. The highest BCUT2D eigenvalue weighted by molar-refractivity contribution is 5.94. The maximum absolute atomic E-state index is 13.3. The number of para-hydroxylation sites is 1. The summed E-state index contributed by atoms with van der Waals surface area (Å²) in [7, 11) is 0. The van der Waals surface area contributed by atoms with Crippen LogP contribution in [-0.2, 0) is 13.0 Å². The third kappa shape index (κ3) is 6.27. The number of nitrogen functional groups attached to an aromatic ring is 1. The zero-order chi connectivity index (χ0) is 33.8. The molecule has 0 bridgehead atoms. The zero-order valence-corrected chi connectivity index (χ0v) is 25.0. The number of rotatable bonds is 12. The summed E-state index contributed by atoms with van der Waals surface area (Å²) >= 11 is 0. The fraction of sp³-hybridized carbons (Fsp3) is 0.172. The van der Waals surface area contributed by atoms with E-state index in [1.54, 1.807) is 19.1 Å². The first-order valence-electron chi connectivity index (χ1n) is 14.3. The van der Waals surface area contributed by atoms with E-state index in [1.165, 1.54) is 22.5 Å². The van der Waals surface area contributed by atoms with E-state index in [2.05, 4.69) is 36.1 Å². The third-order valence-electron chi connectivity index (χ3n) is 7.22. The Labute approximate surface area is 269 Å². The van der Waals surface area contributed by atoms with Crippen LogP contribution in [0, 0.1) is 20.2 Å². The van der Waals surface area contributed by atoms with E-state index in [-0.39, 0.29) is 47.7 Å². The summed E-state index contributed by atoms with van der Waals surface area (Å²) in [6.07, 6.45) is 2.18. The van der Waals surface area contributed by atoms with E-state index >= 15 is 0 Å². The van der Waals surface area contributed by atoms with E-state index in [9.17, 15) is 25.0 Å². The number of aromatic nitrogens is 5. The van der Waals surface area contributed by atoms with Crippen LogP contribution in [0.5, 0.6) is 17.2 Å². The lowest BCUT2D eigenvalue weighted by molar-refractivity contribution is -0.394. The molecule has 1 aliphatic heterocycles. The van der Waals surface area contributed by atoms with Crippen LogP contribution in [0.25, 0.3) is 5.82 Å². The van der Waals surface area contributed by atoms with E-state index in [0.717, 1.165) is 30.3 Å². The number of nitro benzene ring substituents is 2. The topological polar surface area (TPSA) is 245 Å². The van der Waals surface area contributed by atoms with E-state index in [0.29, 0.717) is 17.8 Å². The Bertz CT molecular complexity index is 2060. The second kappa shape index (κ2) is 13.2. The Morgan fingerprint density at radius 2 is 1.90 bits per heavy atom. The lowest BCUT2D eigenvalue weighted by atomic mass is 10.2. The third-order valence-corrected chi connectivity index (χ3v) is 7.22. The van der Waals surface area contributed by atoms with Crippen molar-refractivity contribution in [3.8, 4) is 23.1 Å². The quantitative estimate of drug-likeness (QED) is 0.111. The van der Waals surface area contributed by atoms with Gasteiger partial charge in [-0.1, -0.05) is 23.4 Å². The second-order valence-electron chi connectivity index (χ2n) is 10.2. The largest absolute Gasteiger partial charge is 0.490 e. The van der Waals surface area contributed by atoms with E-state index < -0.39 is 27.1 Å². The summed E-state index contributed by atoms with van der Waals surface area (Å²) < 4.78 is 17.4. The summed E-state index contributed by atoms with van der Waals surface area (Å²) in [5.41, 5.74) is 10.3. The van der Waals surface area contributed by atoms with Crippen molar-refractivity contribution >= 4 is 35.0 Å². The van der Waals surface area contributed by atoms with Crippen LogP contribution in [0.1, 0.15) is 34.2 Å². The molecule has 48 heavy (non-hydrogen) atoms. The average Bonchev–Trinajstić information content (AvgIpc) is 3.81. The summed E-state index contributed by atoms with van der Waals surface area (Å²) in [5, 5.41) is 42.3. The first kappa shape index (κ1) is 31.1. The molecule has 6 rings (SSSR count). The minimum atomic E-state index is -0.780. The van der Waals surface area contributed by atoms with Crippen molar-refractivity contribution in [3.63, 3.8) is 0 Å². The van der Waals surface area contributed by atoms with Crippen LogP contribution in [-0.4, -0.2) is 60.4 Å². The molecule has 0 aliphatic carbocycles. The molecule has 1 amide bonds. The van der Waals surface area contributed by atoms with Gasteiger partial charge in [-0.25, -0.2) is 10.1 Å². The predicted molar refractivity (Wildman–Crippen MR) is 167 cm³/mol. The van der Waals surface area contributed by atoms with Crippen LogP contribution in [0.15, 0.2) is 70.4 Å². The molecule has 0 radical (unpaired) electrons. The van der Waals surface area contributed by atoms with Gasteiger partial charge in [0.05, 0.1) is 41.0 Å². The molecule has 19 nitrogen and oxygen atoms in total. The van der Waals surface area contributed by atoms with E-state index in [1.807, 2.05) is 24.3 Å². The van der Waals surface area contributed by atoms with Gasteiger partial charge >= 0.3 is 5.69 Å². The molecule has 0 saturated heterocycles. The lowest BCUT2D eigenvalue weighted by Crippen LogP contribution is -2.26. The lowest BCUT2D eigenvalue weighted by Gasteiger charge is -2.19. The molecule has 0 unspecified atom stereocenters. The maximum atomic E-state index is 13.3. The number of fused-ring (bicyclic) bond motifs is 1. The van der Waals surface area contributed by atoms with Crippen LogP contribution in [0.3, 0.4) is 0 Å². The van der Waals surface area contributed by atoms with Gasteiger partial charge in [0.15, 0.2) is 17.2 Å².